The van der Waals surface area contributed by atoms with Crippen molar-refractivity contribution < 1.29 is 9.53 Å². The van der Waals surface area contributed by atoms with Crippen LogP contribution >= 0.6 is 12.4 Å². The van der Waals surface area contributed by atoms with Gasteiger partial charge in [0.15, 0.2) is 0 Å². The molecule has 0 radical (unpaired) electrons. The summed E-state index contributed by atoms with van der Waals surface area (Å²) >= 11 is 0. The standard InChI is InChI=1S/C13H16N2O2.ClH/c1-13(2,12(16)17-3)11(15)10-7-5-4-6-9(10)8-14;/h4-7,11H,15H2,1-3H3;1H/t11-;/m0./s1. The Morgan fingerprint density at radius 3 is 2.50 bits per heavy atom. The van der Waals surface area contributed by atoms with Crippen molar-refractivity contribution in [3.63, 3.8) is 0 Å². The molecule has 0 fully saturated rings. The van der Waals surface area contributed by atoms with Crippen LogP contribution in [0.25, 0.3) is 0 Å². The van der Waals surface area contributed by atoms with Gasteiger partial charge in [-0.3, -0.25) is 4.79 Å². The number of rotatable bonds is 3. The molecular weight excluding hydrogens is 252 g/mol. The van der Waals surface area contributed by atoms with E-state index in [2.05, 4.69) is 6.07 Å². The highest BCUT2D eigenvalue weighted by Crippen LogP contribution is 2.33. The molecule has 0 aliphatic carbocycles. The minimum absolute atomic E-state index is 0. The van der Waals surface area contributed by atoms with Gasteiger partial charge in [0.1, 0.15) is 0 Å². The molecule has 0 aromatic heterocycles. The summed E-state index contributed by atoms with van der Waals surface area (Å²) in [7, 11) is 1.33. The van der Waals surface area contributed by atoms with E-state index in [-0.39, 0.29) is 12.4 Å². The minimum Gasteiger partial charge on any atom is -0.469 e. The first-order valence-corrected chi connectivity index (χ1v) is 5.28. The van der Waals surface area contributed by atoms with Crippen LogP contribution in [0.2, 0.25) is 0 Å². The molecule has 0 saturated carbocycles. The number of nitriles is 1. The number of methoxy groups -OCH3 is 1. The summed E-state index contributed by atoms with van der Waals surface area (Å²) < 4.78 is 4.73. The number of hydrogen-bond acceptors (Lipinski definition) is 4. The smallest absolute Gasteiger partial charge is 0.313 e. The molecule has 0 bridgehead atoms. The van der Waals surface area contributed by atoms with Crippen LogP contribution in [0.1, 0.15) is 31.0 Å². The van der Waals surface area contributed by atoms with Crippen molar-refractivity contribution >= 4 is 18.4 Å². The van der Waals surface area contributed by atoms with E-state index in [0.29, 0.717) is 11.1 Å². The Labute approximate surface area is 113 Å². The number of esters is 1. The summed E-state index contributed by atoms with van der Waals surface area (Å²) in [6, 6.07) is 8.50. The largest absolute Gasteiger partial charge is 0.469 e. The van der Waals surface area contributed by atoms with E-state index in [0.717, 1.165) is 0 Å². The van der Waals surface area contributed by atoms with Crippen LogP contribution in [0, 0.1) is 16.7 Å². The van der Waals surface area contributed by atoms with Gasteiger partial charge in [0.2, 0.25) is 0 Å². The van der Waals surface area contributed by atoms with Crippen LogP contribution in [0.15, 0.2) is 24.3 Å². The molecule has 98 valence electrons. The maximum Gasteiger partial charge on any atom is 0.313 e. The van der Waals surface area contributed by atoms with E-state index in [4.69, 9.17) is 15.7 Å². The highest BCUT2D eigenvalue weighted by molar-refractivity contribution is 5.85. The molecule has 4 nitrogen and oxygen atoms in total. The first-order chi connectivity index (χ1) is 7.95. The fourth-order valence-corrected chi connectivity index (χ4v) is 1.65. The van der Waals surface area contributed by atoms with Gasteiger partial charge < -0.3 is 10.5 Å². The number of halogens is 1. The molecule has 18 heavy (non-hydrogen) atoms. The maximum atomic E-state index is 11.7. The van der Waals surface area contributed by atoms with Gasteiger partial charge in [-0.05, 0) is 25.5 Å². The Bertz CT molecular complexity index is 466. The zero-order valence-corrected chi connectivity index (χ0v) is 11.5. The lowest BCUT2D eigenvalue weighted by Gasteiger charge is -2.29. The molecule has 0 spiro atoms. The van der Waals surface area contributed by atoms with E-state index in [9.17, 15) is 4.79 Å². The fourth-order valence-electron chi connectivity index (χ4n) is 1.65. The second-order valence-corrected chi connectivity index (χ2v) is 4.39. The highest BCUT2D eigenvalue weighted by atomic mass is 35.5. The van der Waals surface area contributed by atoms with Crippen molar-refractivity contribution in [1.82, 2.24) is 0 Å². The number of carbonyl (C=O) groups excluding carboxylic acids is 1. The van der Waals surface area contributed by atoms with Crippen molar-refractivity contribution in [2.24, 2.45) is 11.1 Å². The van der Waals surface area contributed by atoms with E-state index < -0.39 is 17.4 Å². The first-order valence-electron chi connectivity index (χ1n) is 5.28. The molecule has 1 rings (SSSR count). The quantitative estimate of drug-likeness (QED) is 0.853. The van der Waals surface area contributed by atoms with Gasteiger partial charge in [-0.2, -0.15) is 5.26 Å². The molecule has 1 aromatic carbocycles. The molecule has 5 heteroatoms. The Hall–Kier alpha value is -1.57. The van der Waals surface area contributed by atoms with Crippen molar-refractivity contribution in [3.05, 3.63) is 35.4 Å². The number of carbonyl (C=O) groups is 1. The van der Waals surface area contributed by atoms with Gasteiger partial charge >= 0.3 is 5.97 Å². The van der Waals surface area contributed by atoms with Crippen molar-refractivity contribution in [1.29, 1.82) is 5.26 Å². The molecule has 0 aliphatic heterocycles. The number of nitrogens with zero attached hydrogens (tertiary/aromatic N) is 1. The summed E-state index contributed by atoms with van der Waals surface area (Å²) in [6.07, 6.45) is 0. The number of benzene rings is 1. The molecule has 1 atom stereocenters. The lowest BCUT2D eigenvalue weighted by atomic mass is 9.79. The van der Waals surface area contributed by atoms with E-state index in [1.54, 1.807) is 38.1 Å². The molecule has 0 saturated heterocycles. The van der Waals surface area contributed by atoms with Gasteiger partial charge in [0, 0.05) is 6.04 Å². The second kappa shape index (κ2) is 6.39. The average molecular weight is 269 g/mol. The van der Waals surface area contributed by atoms with E-state index in [1.807, 2.05) is 0 Å². The van der Waals surface area contributed by atoms with Crippen LogP contribution in [0.4, 0.5) is 0 Å². The van der Waals surface area contributed by atoms with Gasteiger partial charge in [0.25, 0.3) is 0 Å². The van der Waals surface area contributed by atoms with Crippen molar-refractivity contribution in [2.45, 2.75) is 19.9 Å². The van der Waals surface area contributed by atoms with Crippen molar-refractivity contribution in [2.75, 3.05) is 7.11 Å². The number of nitrogens with two attached hydrogens (primary N) is 1. The third kappa shape index (κ3) is 3.00. The summed E-state index contributed by atoms with van der Waals surface area (Å²) in [4.78, 5) is 11.7. The lowest BCUT2D eigenvalue weighted by molar-refractivity contribution is -0.152. The normalized spacial score (nSPS) is 11.9. The van der Waals surface area contributed by atoms with Crippen LogP contribution in [0.3, 0.4) is 0 Å². The number of hydrogen-bond donors (Lipinski definition) is 1. The molecule has 0 unspecified atom stereocenters. The Balaban J connectivity index is 0.00000289. The predicted molar refractivity (Wildman–Crippen MR) is 71.1 cm³/mol. The highest BCUT2D eigenvalue weighted by Gasteiger charge is 2.37. The summed E-state index contributed by atoms with van der Waals surface area (Å²) in [5.74, 6) is -0.391. The first kappa shape index (κ1) is 16.4. The monoisotopic (exact) mass is 268 g/mol. The lowest BCUT2D eigenvalue weighted by Crippen LogP contribution is -2.37. The van der Waals surface area contributed by atoms with Crippen LogP contribution in [-0.4, -0.2) is 13.1 Å². The fraction of sp³-hybridized carbons (Fsp3) is 0.385. The molecule has 0 aliphatic rings. The average Bonchev–Trinajstić information content (AvgIpc) is 2.36. The molecular formula is C13H17ClN2O2. The second-order valence-electron chi connectivity index (χ2n) is 4.39. The number of ether oxygens (including phenoxy) is 1. The van der Waals surface area contributed by atoms with E-state index in [1.165, 1.54) is 7.11 Å². The zero-order valence-electron chi connectivity index (χ0n) is 10.6. The van der Waals surface area contributed by atoms with Crippen molar-refractivity contribution in [3.8, 4) is 6.07 Å². The van der Waals surface area contributed by atoms with Crippen LogP contribution < -0.4 is 5.73 Å². The van der Waals surface area contributed by atoms with Crippen LogP contribution in [-0.2, 0) is 9.53 Å². The topological polar surface area (TPSA) is 76.1 Å². The van der Waals surface area contributed by atoms with Gasteiger partial charge in [-0.15, -0.1) is 12.4 Å². The minimum atomic E-state index is -0.873. The predicted octanol–water partition coefficient (Wildman–Crippen LogP) is 2.18. The zero-order chi connectivity index (χ0) is 13.1. The third-order valence-electron chi connectivity index (χ3n) is 2.91. The third-order valence-corrected chi connectivity index (χ3v) is 2.91. The molecule has 2 N–H and O–H groups in total. The van der Waals surface area contributed by atoms with E-state index >= 15 is 0 Å². The van der Waals surface area contributed by atoms with Gasteiger partial charge in [-0.25, -0.2) is 0 Å². The van der Waals surface area contributed by atoms with Gasteiger partial charge in [-0.1, -0.05) is 18.2 Å². The summed E-state index contributed by atoms with van der Waals surface area (Å²) in [5.41, 5.74) is 6.34. The Kier molecular flexibility index (Phi) is 5.83. The Morgan fingerprint density at radius 1 is 1.44 bits per heavy atom. The summed E-state index contributed by atoms with van der Waals surface area (Å²) in [6.45, 7) is 3.41. The maximum absolute atomic E-state index is 11.7. The SMILES string of the molecule is COC(=O)C(C)(C)[C@@H](N)c1ccccc1C#N.Cl. The molecule has 1 aromatic rings. The molecule has 0 amide bonds. The summed E-state index contributed by atoms with van der Waals surface area (Å²) in [5, 5.41) is 9.01. The van der Waals surface area contributed by atoms with Gasteiger partial charge in [0.05, 0.1) is 24.2 Å². The Morgan fingerprint density at radius 2 is 2.00 bits per heavy atom. The van der Waals surface area contributed by atoms with Crippen LogP contribution in [0.5, 0.6) is 0 Å². The molecule has 0 heterocycles.